The van der Waals surface area contributed by atoms with Gasteiger partial charge in [0.25, 0.3) is 0 Å². The highest BCUT2D eigenvalue weighted by Crippen LogP contribution is 2.31. The molecule has 0 unspecified atom stereocenters. The molecule has 0 saturated heterocycles. The number of halogens is 1. The summed E-state index contributed by atoms with van der Waals surface area (Å²) in [7, 11) is -3.57. The highest BCUT2D eigenvalue weighted by Gasteiger charge is 2.28. The third-order valence-electron chi connectivity index (χ3n) is 6.20. The van der Waals surface area contributed by atoms with Crippen LogP contribution in [0.25, 0.3) is 22.2 Å². The summed E-state index contributed by atoms with van der Waals surface area (Å²) in [6.45, 7) is 5.50. The van der Waals surface area contributed by atoms with Crippen LogP contribution in [-0.2, 0) is 16.6 Å². The molecular formula is C25H26FN5O2S. The Morgan fingerprint density at radius 3 is 2.59 bits per heavy atom. The second kappa shape index (κ2) is 8.81. The van der Waals surface area contributed by atoms with E-state index >= 15 is 0 Å². The van der Waals surface area contributed by atoms with Crippen LogP contribution in [0.5, 0.6) is 0 Å². The van der Waals surface area contributed by atoms with Crippen LogP contribution in [0.4, 0.5) is 4.39 Å². The first-order valence-corrected chi connectivity index (χ1v) is 12.8. The minimum Gasteiger partial charge on any atom is -0.271 e. The van der Waals surface area contributed by atoms with Gasteiger partial charge in [0.05, 0.1) is 23.6 Å². The van der Waals surface area contributed by atoms with Gasteiger partial charge < -0.3 is 0 Å². The van der Waals surface area contributed by atoms with E-state index in [0.717, 1.165) is 39.7 Å². The van der Waals surface area contributed by atoms with Crippen molar-refractivity contribution in [2.45, 2.75) is 38.1 Å². The molecule has 34 heavy (non-hydrogen) atoms. The lowest BCUT2D eigenvalue weighted by Crippen LogP contribution is -2.34. The van der Waals surface area contributed by atoms with Gasteiger partial charge in [-0.1, -0.05) is 13.0 Å². The quantitative estimate of drug-likeness (QED) is 0.407. The summed E-state index contributed by atoms with van der Waals surface area (Å²) in [5.41, 5.74) is 5.04. The fraction of sp³-hybridized carbons (Fsp3) is 0.280. The Hall–Kier alpha value is -3.30. The molecule has 0 spiro atoms. The SMILES string of the molecule is CCCn1cc(S(=O)(=O)N2CC=C(c3cc4cnn(-c5ccc(F)cc5)c4cc3C)CC2)cn1. The Kier molecular flexibility index (Phi) is 5.83. The molecule has 176 valence electrons. The minimum atomic E-state index is -3.57. The first kappa shape index (κ1) is 22.5. The second-order valence-electron chi connectivity index (χ2n) is 8.54. The normalized spacial score (nSPS) is 15.1. The number of hydrogen-bond donors (Lipinski definition) is 0. The molecule has 0 fully saturated rings. The van der Waals surface area contributed by atoms with Crippen molar-refractivity contribution in [2.24, 2.45) is 0 Å². The standard InChI is InChI=1S/C25H26FN5O2S/c1-3-10-29-17-23(16-27-29)34(32,33)30-11-8-19(9-12-30)24-14-20-15-28-31(25(20)13-18(24)2)22-6-4-21(26)5-7-22/h4-8,13-17H,3,9-12H2,1-2H3. The van der Waals surface area contributed by atoms with Crippen molar-refractivity contribution in [3.63, 3.8) is 0 Å². The van der Waals surface area contributed by atoms with Crippen LogP contribution in [-0.4, -0.2) is 45.4 Å². The highest BCUT2D eigenvalue weighted by molar-refractivity contribution is 7.89. The lowest BCUT2D eigenvalue weighted by Gasteiger charge is -2.26. The Morgan fingerprint density at radius 2 is 1.88 bits per heavy atom. The van der Waals surface area contributed by atoms with Gasteiger partial charge in [-0.2, -0.15) is 14.5 Å². The van der Waals surface area contributed by atoms with Crippen molar-refractivity contribution in [1.29, 1.82) is 0 Å². The van der Waals surface area contributed by atoms with Gasteiger partial charge in [0.1, 0.15) is 10.7 Å². The summed E-state index contributed by atoms with van der Waals surface area (Å²) in [4.78, 5) is 0.239. The second-order valence-corrected chi connectivity index (χ2v) is 10.5. The van der Waals surface area contributed by atoms with E-state index in [2.05, 4.69) is 22.3 Å². The molecule has 1 aliphatic heterocycles. The van der Waals surface area contributed by atoms with Crippen molar-refractivity contribution >= 4 is 26.5 Å². The van der Waals surface area contributed by atoms with Gasteiger partial charge in [0, 0.05) is 31.2 Å². The van der Waals surface area contributed by atoms with Crippen molar-refractivity contribution in [3.8, 4) is 5.69 Å². The largest absolute Gasteiger partial charge is 0.271 e. The van der Waals surface area contributed by atoms with Crippen LogP contribution in [0, 0.1) is 12.7 Å². The first-order valence-electron chi connectivity index (χ1n) is 11.3. The van der Waals surface area contributed by atoms with E-state index in [-0.39, 0.29) is 10.7 Å². The van der Waals surface area contributed by atoms with E-state index in [9.17, 15) is 12.8 Å². The zero-order chi connectivity index (χ0) is 23.9. The zero-order valence-corrected chi connectivity index (χ0v) is 20.0. The Bertz CT molecular complexity index is 1490. The zero-order valence-electron chi connectivity index (χ0n) is 19.1. The predicted molar refractivity (Wildman–Crippen MR) is 130 cm³/mol. The molecule has 3 heterocycles. The van der Waals surface area contributed by atoms with Gasteiger partial charge in [-0.15, -0.1) is 0 Å². The van der Waals surface area contributed by atoms with Gasteiger partial charge in [-0.3, -0.25) is 4.68 Å². The van der Waals surface area contributed by atoms with E-state index in [0.29, 0.717) is 26.1 Å². The lowest BCUT2D eigenvalue weighted by molar-refractivity contribution is 0.441. The maximum atomic E-state index is 13.3. The van der Waals surface area contributed by atoms with E-state index < -0.39 is 10.0 Å². The smallest absolute Gasteiger partial charge is 0.246 e. The molecule has 9 heteroatoms. The van der Waals surface area contributed by atoms with Crippen LogP contribution in [0.3, 0.4) is 0 Å². The van der Waals surface area contributed by atoms with Gasteiger partial charge in [0.2, 0.25) is 10.0 Å². The summed E-state index contributed by atoms with van der Waals surface area (Å²) < 4.78 is 44.4. The molecule has 0 saturated carbocycles. The van der Waals surface area contributed by atoms with Crippen LogP contribution < -0.4 is 0 Å². The van der Waals surface area contributed by atoms with E-state index in [1.807, 2.05) is 19.9 Å². The number of rotatable bonds is 6. The van der Waals surface area contributed by atoms with Gasteiger partial charge in [0.15, 0.2) is 0 Å². The first-order chi connectivity index (χ1) is 16.4. The Labute approximate surface area is 198 Å². The minimum absolute atomic E-state index is 0.239. The number of sulfonamides is 1. The monoisotopic (exact) mass is 479 g/mol. The number of aryl methyl sites for hydroxylation is 2. The van der Waals surface area contributed by atoms with Crippen molar-refractivity contribution in [2.75, 3.05) is 13.1 Å². The van der Waals surface area contributed by atoms with Gasteiger partial charge in [-0.25, -0.2) is 17.5 Å². The van der Waals surface area contributed by atoms with E-state index in [1.54, 1.807) is 33.9 Å². The lowest BCUT2D eigenvalue weighted by atomic mass is 9.95. The topological polar surface area (TPSA) is 73.0 Å². The molecule has 0 radical (unpaired) electrons. The fourth-order valence-corrected chi connectivity index (χ4v) is 5.74. The van der Waals surface area contributed by atoms with Gasteiger partial charge >= 0.3 is 0 Å². The van der Waals surface area contributed by atoms with E-state index in [1.165, 1.54) is 22.6 Å². The number of benzene rings is 2. The summed E-state index contributed by atoms with van der Waals surface area (Å²) in [5, 5.41) is 9.64. The molecule has 0 bridgehead atoms. The van der Waals surface area contributed by atoms with Crippen molar-refractivity contribution < 1.29 is 12.8 Å². The third-order valence-corrected chi connectivity index (χ3v) is 8.02. The number of hydrogen-bond acceptors (Lipinski definition) is 4. The van der Waals surface area contributed by atoms with E-state index in [4.69, 9.17) is 0 Å². The molecule has 1 aliphatic rings. The highest BCUT2D eigenvalue weighted by atomic mass is 32.2. The average Bonchev–Trinajstić information content (AvgIpc) is 3.47. The van der Waals surface area contributed by atoms with Crippen LogP contribution in [0.15, 0.2) is 66.0 Å². The molecule has 4 aromatic rings. The number of fused-ring (bicyclic) bond motifs is 1. The number of aromatic nitrogens is 4. The van der Waals surface area contributed by atoms with Crippen LogP contribution >= 0.6 is 0 Å². The fourth-order valence-electron chi connectivity index (χ4n) is 4.40. The van der Waals surface area contributed by atoms with Gasteiger partial charge in [-0.05, 0) is 72.9 Å². The number of nitrogens with zero attached hydrogens (tertiary/aromatic N) is 5. The Morgan fingerprint density at radius 1 is 1.09 bits per heavy atom. The summed E-state index contributed by atoms with van der Waals surface area (Å²) in [6, 6.07) is 10.4. The molecule has 2 aromatic heterocycles. The van der Waals surface area contributed by atoms with Crippen LogP contribution in [0.2, 0.25) is 0 Å². The predicted octanol–water partition coefficient (Wildman–Crippen LogP) is 4.56. The molecule has 0 atom stereocenters. The molecule has 0 amide bonds. The maximum Gasteiger partial charge on any atom is 0.246 e. The summed E-state index contributed by atoms with van der Waals surface area (Å²) in [6.07, 6.45) is 8.35. The van der Waals surface area contributed by atoms with Crippen molar-refractivity contribution in [3.05, 3.63) is 78.0 Å². The third kappa shape index (κ3) is 4.05. The van der Waals surface area contributed by atoms with Crippen molar-refractivity contribution in [1.82, 2.24) is 23.9 Å². The summed E-state index contributed by atoms with van der Waals surface area (Å²) in [5.74, 6) is -0.284. The molecule has 0 aliphatic carbocycles. The molecule has 5 rings (SSSR count). The maximum absolute atomic E-state index is 13.3. The summed E-state index contributed by atoms with van der Waals surface area (Å²) >= 11 is 0. The molecule has 2 aromatic carbocycles. The van der Waals surface area contributed by atoms with Crippen LogP contribution in [0.1, 0.15) is 30.9 Å². The Balaban J connectivity index is 1.40. The molecular weight excluding hydrogens is 453 g/mol. The molecule has 0 N–H and O–H groups in total. The average molecular weight is 480 g/mol. The molecule has 7 nitrogen and oxygen atoms in total.